The Labute approximate surface area is 471 Å². The summed E-state index contributed by atoms with van der Waals surface area (Å²) in [6.45, 7) is 2.59. The molecule has 2 rings (SSSR count). The molecule has 0 aliphatic carbocycles. The molecule has 2 heterocycles. The van der Waals surface area contributed by atoms with Crippen LogP contribution in [0.4, 0.5) is 0 Å². The Kier molecular flexibility index (Phi) is 45.1. The van der Waals surface area contributed by atoms with Crippen LogP contribution in [0, 0.1) is 0 Å². The third kappa shape index (κ3) is 35.3. The maximum Gasteiger partial charge on any atom is 0.306 e. The fourth-order valence-electron chi connectivity index (χ4n) is 9.69. The fraction of sp³-hybridized carbons (Fsp3) is 0.841. The Hall–Kier alpha value is -2.54. The standard InChI is InChI=1S/C63H112O15/c1-3-5-7-9-11-13-15-17-19-21-23-24-25-26-28-29-31-33-35-37-39-41-43-45-54(65)73-48-51(76-55(66)46-44-42-40-38-36-34-32-30-27-22-20-18-16-14-12-10-8-6-4-2)49-74-62-61(72)59(70)57(68)53(78-62)50-75-63-60(71)58(69)56(67)52(47-64)77-63/h12,14,18,20-21,23,27,30,51-53,56-64,67-72H,3-11,13,15-17,19,22,24-26,28-29,31-50H2,1-2H3/b14-12-,20-18-,23-21-,30-27-. The van der Waals surface area contributed by atoms with Crippen molar-refractivity contribution in [3.05, 3.63) is 48.6 Å². The maximum absolute atomic E-state index is 13.1. The van der Waals surface area contributed by atoms with Gasteiger partial charge in [-0.1, -0.05) is 204 Å². The number of hydrogen-bond acceptors (Lipinski definition) is 15. The van der Waals surface area contributed by atoms with Crippen molar-refractivity contribution < 1.29 is 73.8 Å². The van der Waals surface area contributed by atoms with E-state index < -0.39 is 92.7 Å². The molecule has 78 heavy (non-hydrogen) atoms. The van der Waals surface area contributed by atoms with E-state index in [2.05, 4.69) is 62.5 Å². The lowest BCUT2D eigenvalue weighted by Crippen LogP contribution is -2.61. The van der Waals surface area contributed by atoms with Crippen LogP contribution in [0.1, 0.15) is 245 Å². The quantitative estimate of drug-likeness (QED) is 0.0171. The van der Waals surface area contributed by atoms with Gasteiger partial charge in [-0.15, -0.1) is 0 Å². The van der Waals surface area contributed by atoms with Crippen molar-refractivity contribution in [1.29, 1.82) is 0 Å². The van der Waals surface area contributed by atoms with Crippen LogP contribution >= 0.6 is 0 Å². The first-order valence-corrected chi connectivity index (χ1v) is 31.2. The van der Waals surface area contributed by atoms with E-state index in [9.17, 15) is 45.3 Å². The van der Waals surface area contributed by atoms with Gasteiger partial charge in [-0.05, 0) is 77.0 Å². The number of rotatable bonds is 50. The number of aliphatic hydroxyl groups excluding tert-OH is 7. The van der Waals surface area contributed by atoms with Gasteiger partial charge >= 0.3 is 11.9 Å². The lowest BCUT2D eigenvalue weighted by Gasteiger charge is -2.42. The summed E-state index contributed by atoms with van der Waals surface area (Å²) in [6.07, 6.45) is 41.3. The zero-order chi connectivity index (χ0) is 56.7. The van der Waals surface area contributed by atoms with Crippen molar-refractivity contribution in [2.75, 3.05) is 26.4 Å². The molecule has 2 aliphatic rings. The van der Waals surface area contributed by atoms with Crippen LogP contribution in [0.2, 0.25) is 0 Å². The van der Waals surface area contributed by atoms with Gasteiger partial charge < -0.3 is 64.2 Å². The molecule has 7 N–H and O–H groups in total. The summed E-state index contributed by atoms with van der Waals surface area (Å²) in [6, 6.07) is 0. The molecule has 2 saturated heterocycles. The zero-order valence-corrected chi connectivity index (χ0v) is 48.7. The van der Waals surface area contributed by atoms with Gasteiger partial charge in [0.05, 0.1) is 19.8 Å². The number of unbranched alkanes of at least 4 members (excludes halogenated alkanes) is 28. The Morgan fingerprint density at radius 3 is 1.24 bits per heavy atom. The molecule has 454 valence electrons. The van der Waals surface area contributed by atoms with Gasteiger partial charge in [0.25, 0.3) is 0 Å². The summed E-state index contributed by atoms with van der Waals surface area (Å²) >= 11 is 0. The highest BCUT2D eigenvalue weighted by molar-refractivity contribution is 5.70. The van der Waals surface area contributed by atoms with Gasteiger partial charge in [-0.2, -0.15) is 0 Å². The van der Waals surface area contributed by atoms with Crippen molar-refractivity contribution in [1.82, 2.24) is 0 Å². The van der Waals surface area contributed by atoms with Crippen molar-refractivity contribution in [3.8, 4) is 0 Å². The minimum Gasteiger partial charge on any atom is -0.462 e. The van der Waals surface area contributed by atoms with E-state index in [1.807, 2.05) is 0 Å². The highest BCUT2D eigenvalue weighted by Crippen LogP contribution is 2.27. The van der Waals surface area contributed by atoms with Crippen molar-refractivity contribution in [3.63, 3.8) is 0 Å². The molecule has 15 nitrogen and oxygen atoms in total. The number of carbonyl (C=O) groups is 2. The molecule has 0 bridgehead atoms. The minimum atomic E-state index is -1.77. The van der Waals surface area contributed by atoms with E-state index >= 15 is 0 Å². The average Bonchev–Trinajstić information content (AvgIpc) is 3.43. The van der Waals surface area contributed by atoms with E-state index in [0.29, 0.717) is 12.8 Å². The number of aliphatic hydroxyl groups is 7. The summed E-state index contributed by atoms with van der Waals surface area (Å²) in [5.41, 5.74) is 0. The first kappa shape index (κ1) is 71.6. The molecule has 0 amide bonds. The highest BCUT2D eigenvalue weighted by Gasteiger charge is 2.47. The van der Waals surface area contributed by atoms with E-state index in [0.717, 1.165) is 70.6 Å². The predicted molar refractivity (Wildman–Crippen MR) is 307 cm³/mol. The predicted octanol–water partition coefficient (Wildman–Crippen LogP) is 11.4. The average molecular weight is 1110 g/mol. The molecule has 2 fully saturated rings. The largest absolute Gasteiger partial charge is 0.462 e. The first-order chi connectivity index (χ1) is 38.0. The second-order valence-electron chi connectivity index (χ2n) is 21.9. The number of allylic oxidation sites excluding steroid dienone is 8. The Morgan fingerprint density at radius 2 is 0.769 bits per heavy atom. The van der Waals surface area contributed by atoms with Crippen LogP contribution in [-0.2, 0) is 38.0 Å². The minimum absolute atomic E-state index is 0.150. The molecule has 0 aromatic carbocycles. The molecule has 2 aliphatic heterocycles. The lowest BCUT2D eigenvalue weighted by atomic mass is 9.98. The Bertz CT molecular complexity index is 1540. The third-order valence-electron chi connectivity index (χ3n) is 14.8. The van der Waals surface area contributed by atoms with Crippen molar-refractivity contribution in [2.45, 2.75) is 313 Å². The normalized spacial score (nSPS) is 24.3. The number of hydrogen-bond donors (Lipinski definition) is 7. The molecule has 0 saturated carbocycles. The van der Waals surface area contributed by atoms with E-state index in [1.54, 1.807) is 0 Å². The van der Waals surface area contributed by atoms with Crippen LogP contribution in [0.25, 0.3) is 0 Å². The second-order valence-corrected chi connectivity index (χ2v) is 21.9. The van der Waals surface area contributed by atoms with E-state index in [1.165, 1.54) is 135 Å². The summed E-state index contributed by atoms with van der Waals surface area (Å²) in [5, 5.41) is 72.4. The molecule has 11 atom stereocenters. The lowest BCUT2D eigenvalue weighted by molar-refractivity contribution is -0.332. The molecular weight excluding hydrogens is 997 g/mol. The van der Waals surface area contributed by atoms with Crippen LogP contribution in [0.15, 0.2) is 48.6 Å². The summed E-state index contributed by atoms with van der Waals surface area (Å²) < 4.78 is 33.7. The maximum atomic E-state index is 13.1. The number of esters is 2. The smallest absolute Gasteiger partial charge is 0.306 e. The van der Waals surface area contributed by atoms with Crippen molar-refractivity contribution >= 4 is 11.9 Å². The molecule has 0 radical (unpaired) electrons. The van der Waals surface area contributed by atoms with Gasteiger partial charge in [0.2, 0.25) is 0 Å². The van der Waals surface area contributed by atoms with Gasteiger partial charge in [0, 0.05) is 12.8 Å². The van der Waals surface area contributed by atoms with E-state index in [4.69, 9.17) is 28.4 Å². The Morgan fingerprint density at radius 1 is 0.410 bits per heavy atom. The second kappa shape index (κ2) is 49.1. The van der Waals surface area contributed by atoms with Gasteiger partial charge in [0.15, 0.2) is 18.7 Å². The van der Waals surface area contributed by atoms with Gasteiger partial charge in [0.1, 0.15) is 55.4 Å². The number of ether oxygens (including phenoxy) is 6. The molecule has 11 unspecified atom stereocenters. The monoisotopic (exact) mass is 1110 g/mol. The molecule has 0 aromatic heterocycles. The fourth-order valence-corrected chi connectivity index (χ4v) is 9.69. The Balaban J connectivity index is 1.72. The SMILES string of the molecule is CCCCC/C=C\C/C=C\C/C=C\CCCCCCCCC(=O)OC(COC(=O)CCCCCCCCCCCCC/C=C\CCCCCCCCCC)COC1OC(COC2OC(CO)C(O)C(O)C2O)C(O)C(O)C1O. The topological polar surface area (TPSA) is 231 Å². The van der Waals surface area contributed by atoms with E-state index in [-0.39, 0.29) is 26.1 Å². The molecule has 0 spiro atoms. The summed E-state index contributed by atoms with van der Waals surface area (Å²) in [7, 11) is 0. The first-order valence-electron chi connectivity index (χ1n) is 31.2. The van der Waals surface area contributed by atoms with Gasteiger partial charge in [-0.25, -0.2) is 0 Å². The van der Waals surface area contributed by atoms with Gasteiger partial charge in [-0.3, -0.25) is 9.59 Å². The summed E-state index contributed by atoms with van der Waals surface area (Å²) in [5.74, 6) is -0.933. The van der Waals surface area contributed by atoms with Crippen LogP contribution in [-0.4, -0.2) is 142 Å². The van der Waals surface area contributed by atoms with Crippen LogP contribution in [0.3, 0.4) is 0 Å². The van der Waals surface area contributed by atoms with Crippen LogP contribution < -0.4 is 0 Å². The zero-order valence-electron chi connectivity index (χ0n) is 48.7. The van der Waals surface area contributed by atoms with Crippen molar-refractivity contribution in [2.24, 2.45) is 0 Å². The molecule has 15 heteroatoms. The van der Waals surface area contributed by atoms with Crippen LogP contribution in [0.5, 0.6) is 0 Å². The highest BCUT2D eigenvalue weighted by atomic mass is 16.7. The molecule has 0 aromatic rings. The summed E-state index contributed by atoms with van der Waals surface area (Å²) in [4.78, 5) is 26.0. The molecular formula is C63H112O15. The third-order valence-corrected chi connectivity index (χ3v) is 14.8. The number of carbonyl (C=O) groups excluding carboxylic acids is 2.